The van der Waals surface area contributed by atoms with Crippen LogP contribution in [0.5, 0.6) is 0 Å². The molecule has 2 heterocycles. The molecule has 0 aliphatic rings. The van der Waals surface area contributed by atoms with Gasteiger partial charge < -0.3 is 5.73 Å². The smallest absolute Gasteiger partial charge is 0.125 e. The van der Waals surface area contributed by atoms with E-state index in [0.29, 0.717) is 0 Å². The second-order valence-corrected chi connectivity index (χ2v) is 3.90. The molecular formula is C9H11N3S. The first-order chi connectivity index (χ1) is 6.20. The number of anilines is 1. The second-order valence-electron chi connectivity index (χ2n) is 2.95. The summed E-state index contributed by atoms with van der Waals surface area (Å²) in [6.07, 6.45) is 0. The zero-order valence-corrected chi connectivity index (χ0v) is 8.43. The summed E-state index contributed by atoms with van der Waals surface area (Å²) in [6.45, 7) is 1.97. The minimum atomic E-state index is 0.782. The van der Waals surface area contributed by atoms with Gasteiger partial charge in [0.2, 0.25) is 0 Å². The summed E-state index contributed by atoms with van der Waals surface area (Å²) in [7, 11) is 1.91. The molecule has 2 N–H and O–H groups in total. The van der Waals surface area contributed by atoms with E-state index in [0.717, 1.165) is 22.0 Å². The molecule has 4 heteroatoms. The minimum Gasteiger partial charge on any atom is -0.395 e. The lowest BCUT2D eigenvalue weighted by atomic mass is 10.3. The highest BCUT2D eigenvalue weighted by molar-refractivity contribution is 7.13. The van der Waals surface area contributed by atoms with Gasteiger partial charge in [-0.05, 0) is 18.4 Å². The quantitative estimate of drug-likeness (QED) is 0.753. The lowest BCUT2D eigenvalue weighted by Gasteiger charge is -1.92. The van der Waals surface area contributed by atoms with Gasteiger partial charge in [0.05, 0.1) is 16.3 Å². The summed E-state index contributed by atoms with van der Waals surface area (Å²) >= 11 is 1.66. The predicted octanol–water partition coefficient (Wildman–Crippen LogP) is 2.04. The van der Waals surface area contributed by atoms with Gasteiger partial charge in [0.25, 0.3) is 0 Å². The van der Waals surface area contributed by atoms with Crippen molar-refractivity contribution >= 4 is 17.0 Å². The van der Waals surface area contributed by atoms with Gasteiger partial charge in [-0.2, -0.15) is 5.10 Å². The molecule has 0 aromatic carbocycles. The third-order valence-corrected chi connectivity index (χ3v) is 3.01. The van der Waals surface area contributed by atoms with Gasteiger partial charge in [-0.1, -0.05) is 6.07 Å². The molecular weight excluding hydrogens is 182 g/mol. The molecule has 0 unspecified atom stereocenters. The van der Waals surface area contributed by atoms with Gasteiger partial charge in [-0.15, -0.1) is 11.3 Å². The molecule has 0 atom stereocenters. The van der Waals surface area contributed by atoms with E-state index in [1.165, 1.54) is 0 Å². The van der Waals surface area contributed by atoms with E-state index in [2.05, 4.69) is 5.10 Å². The fraction of sp³-hybridized carbons (Fsp3) is 0.222. The third-order valence-electron chi connectivity index (χ3n) is 2.13. The Bertz CT molecular complexity index is 414. The Morgan fingerprint density at radius 1 is 1.54 bits per heavy atom. The average Bonchev–Trinajstić information content (AvgIpc) is 2.70. The number of aromatic nitrogens is 2. The lowest BCUT2D eigenvalue weighted by molar-refractivity contribution is 0.743. The highest BCUT2D eigenvalue weighted by atomic mass is 32.1. The van der Waals surface area contributed by atoms with E-state index in [4.69, 9.17) is 5.73 Å². The van der Waals surface area contributed by atoms with Crippen molar-refractivity contribution in [2.24, 2.45) is 7.05 Å². The Balaban J connectivity index is 2.59. The number of thiophene rings is 1. The topological polar surface area (TPSA) is 43.8 Å². The molecule has 0 radical (unpaired) electrons. The number of rotatable bonds is 1. The first kappa shape index (κ1) is 8.31. The van der Waals surface area contributed by atoms with E-state index in [1.54, 1.807) is 11.3 Å². The van der Waals surface area contributed by atoms with Crippen LogP contribution in [0.25, 0.3) is 10.6 Å². The van der Waals surface area contributed by atoms with E-state index in [9.17, 15) is 0 Å². The molecule has 2 aromatic heterocycles. The van der Waals surface area contributed by atoms with E-state index in [-0.39, 0.29) is 0 Å². The number of hydrogen-bond acceptors (Lipinski definition) is 3. The monoisotopic (exact) mass is 193 g/mol. The van der Waals surface area contributed by atoms with Crippen LogP contribution in [0, 0.1) is 6.92 Å². The Hall–Kier alpha value is -1.29. The molecule has 0 bridgehead atoms. The van der Waals surface area contributed by atoms with Crippen molar-refractivity contribution in [2.45, 2.75) is 6.92 Å². The van der Waals surface area contributed by atoms with Crippen molar-refractivity contribution in [3.8, 4) is 10.6 Å². The zero-order chi connectivity index (χ0) is 9.42. The highest BCUT2D eigenvalue weighted by Crippen LogP contribution is 2.29. The molecule has 0 spiro atoms. The van der Waals surface area contributed by atoms with Crippen LogP contribution in [0.1, 0.15) is 5.69 Å². The Kier molecular flexibility index (Phi) is 1.84. The zero-order valence-electron chi connectivity index (χ0n) is 7.61. The number of hydrogen-bond donors (Lipinski definition) is 1. The Morgan fingerprint density at radius 3 is 2.77 bits per heavy atom. The van der Waals surface area contributed by atoms with Crippen molar-refractivity contribution in [3.05, 3.63) is 23.2 Å². The van der Waals surface area contributed by atoms with Gasteiger partial charge in [-0.25, -0.2) is 0 Å². The molecule has 0 aliphatic heterocycles. The van der Waals surface area contributed by atoms with Gasteiger partial charge in [0.15, 0.2) is 0 Å². The fourth-order valence-electron chi connectivity index (χ4n) is 1.22. The first-order valence-corrected chi connectivity index (χ1v) is 4.91. The normalized spacial score (nSPS) is 10.6. The van der Waals surface area contributed by atoms with E-state index < -0.39 is 0 Å². The molecule has 2 aromatic rings. The predicted molar refractivity (Wildman–Crippen MR) is 55.7 cm³/mol. The number of nitrogens with zero attached hydrogens (tertiary/aromatic N) is 2. The maximum absolute atomic E-state index is 5.92. The van der Waals surface area contributed by atoms with Crippen LogP contribution in [0.3, 0.4) is 0 Å². The molecule has 0 amide bonds. The van der Waals surface area contributed by atoms with Crippen molar-refractivity contribution < 1.29 is 0 Å². The summed E-state index contributed by atoms with van der Waals surface area (Å²) in [6, 6.07) is 4.03. The van der Waals surface area contributed by atoms with Crippen molar-refractivity contribution in [2.75, 3.05) is 5.73 Å². The van der Waals surface area contributed by atoms with Gasteiger partial charge in [-0.3, -0.25) is 4.68 Å². The molecule has 0 aliphatic carbocycles. The molecule has 13 heavy (non-hydrogen) atoms. The second kappa shape index (κ2) is 2.88. The molecule has 3 nitrogen and oxygen atoms in total. The maximum atomic E-state index is 5.92. The van der Waals surface area contributed by atoms with Crippen LogP contribution in [0.15, 0.2) is 17.5 Å². The molecule has 0 saturated carbocycles. The molecule has 2 rings (SSSR count). The SMILES string of the molecule is Cc1c(N)c(-c2cccs2)nn1C. The van der Waals surface area contributed by atoms with Gasteiger partial charge in [0.1, 0.15) is 5.69 Å². The summed E-state index contributed by atoms with van der Waals surface area (Å²) in [5.41, 5.74) is 8.62. The van der Waals surface area contributed by atoms with E-state index in [1.807, 2.05) is 36.2 Å². The van der Waals surface area contributed by atoms with E-state index >= 15 is 0 Å². The van der Waals surface area contributed by atoms with Crippen LogP contribution < -0.4 is 5.73 Å². The van der Waals surface area contributed by atoms with Crippen LogP contribution in [-0.2, 0) is 7.05 Å². The number of nitrogen functional groups attached to an aromatic ring is 1. The number of aryl methyl sites for hydroxylation is 1. The van der Waals surface area contributed by atoms with Gasteiger partial charge in [0, 0.05) is 7.05 Å². The maximum Gasteiger partial charge on any atom is 0.125 e. The fourth-order valence-corrected chi connectivity index (χ4v) is 1.94. The average molecular weight is 193 g/mol. The third kappa shape index (κ3) is 1.23. The summed E-state index contributed by atoms with van der Waals surface area (Å²) < 4.78 is 1.81. The molecule has 0 fully saturated rings. The summed E-state index contributed by atoms with van der Waals surface area (Å²) in [5.74, 6) is 0. The first-order valence-electron chi connectivity index (χ1n) is 4.03. The van der Waals surface area contributed by atoms with Crippen LogP contribution >= 0.6 is 11.3 Å². The minimum absolute atomic E-state index is 0.782. The van der Waals surface area contributed by atoms with Crippen molar-refractivity contribution in [1.82, 2.24) is 9.78 Å². The Morgan fingerprint density at radius 2 is 2.31 bits per heavy atom. The van der Waals surface area contributed by atoms with Gasteiger partial charge >= 0.3 is 0 Å². The van der Waals surface area contributed by atoms with Crippen LogP contribution in [0.2, 0.25) is 0 Å². The highest BCUT2D eigenvalue weighted by Gasteiger charge is 2.11. The molecule has 68 valence electrons. The summed E-state index contributed by atoms with van der Waals surface area (Å²) in [4.78, 5) is 1.13. The lowest BCUT2D eigenvalue weighted by Crippen LogP contribution is -1.93. The molecule has 0 saturated heterocycles. The van der Waals surface area contributed by atoms with Crippen molar-refractivity contribution in [1.29, 1.82) is 0 Å². The van der Waals surface area contributed by atoms with Crippen LogP contribution in [0.4, 0.5) is 5.69 Å². The standard InChI is InChI=1S/C9H11N3S/c1-6-8(10)9(11-12(6)2)7-4-3-5-13-7/h3-5H,10H2,1-2H3. The number of nitrogens with two attached hydrogens (primary N) is 1. The van der Waals surface area contributed by atoms with Crippen LogP contribution in [-0.4, -0.2) is 9.78 Å². The van der Waals surface area contributed by atoms with Crippen molar-refractivity contribution in [3.63, 3.8) is 0 Å². The summed E-state index contributed by atoms with van der Waals surface area (Å²) in [5, 5.41) is 6.38. The largest absolute Gasteiger partial charge is 0.395 e. The Labute approximate surface area is 80.8 Å².